The highest BCUT2D eigenvalue weighted by atomic mass is 19.4. The third-order valence-corrected chi connectivity index (χ3v) is 6.60. The first kappa shape index (κ1) is 28.0. The summed E-state index contributed by atoms with van der Waals surface area (Å²) in [5.41, 5.74) is 4.66. The number of likely N-dealkylation sites (N-methyl/N-ethyl adjacent to an activating group) is 1. The van der Waals surface area contributed by atoms with Gasteiger partial charge in [-0.25, -0.2) is 19.0 Å². The topological polar surface area (TPSA) is 114 Å². The van der Waals surface area contributed by atoms with Crippen molar-refractivity contribution in [1.29, 1.82) is 0 Å². The molecule has 1 amide bonds. The minimum Gasteiger partial charge on any atom is -0.435 e. The normalized spacial score (nSPS) is 14.7. The van der Waals surface area contributed by atoms with Crippen molar-refractivity contribution in [2.24, 2.45) is 0 Å². The Hall–Kier alpha value is -4.56. The Morgan fingerprint density at radius 1 is 1.07 bits per heavy atom. The molecule has 41 heavy (non-hydrogen) atoms. The third-order valence-electron chi connectivity index (χ3n) is 6.60. The molecule has 2 aromatic carbocycles. The van der Waals surface area contributed by atoms with Crippen LogP contribution in [-0.2, 0) is 12.7 Å². The van der Waals surface area contributed by atoms with E-state index in [4.69, 9.17) is 10.5 Å². The highest BCUT2D eigenvalue weighted by molar-refractivity contribution is 6.05. The van der Waals surface area contributed by atoms with Gasteiger partial charge in [0.1, 0.15) is 12.1 Å². The molecule has 5 rings (SSSR count). The molecule has 0 bridgehead atoms. The number of benzene rings is 2. The van der Waals surface area contributed by atoms with Gasteiger partial charge in [-0.3, -0.25) is 9.69 Å². The van der Waals surface area contributed by atoms with E-state index in [1.54, 1.807) is 18.2 Å². The number of anilines is 2. The number of aromatic nitrogens is 4. The Bertz CT molecular complexity index is 1540. The van der Waals surface area contributed by atoms with E-state index in [-0.39, 0.29) is 28.8 Å². The number of carbonyl (C=O) groups is 1. The molecule has 3 N–H and O–H groups in total. The molecule has 1 fully saturated rings. The van der Waals surface area contributed by atoms with E-state index in [9.17, 15) is 18.0 Å². The molecule has 3 heterocycles. The van der Waals surface area contributed by atoms with Gasteiger partial charge in [-0.1, -0.05) is 18.2 Å². The summed E-state index contributed by atoms with van der Waals surface area (Å²) in [5, 5.41) is 6.07. The fourth-order valence-corrected chi connectivity index (χ4v) is 4.39. The van der Waals surface area contributed by atoms with Crippen LogP contribution in [0, 0.1) is 5.82 Å². The maximum Gasteiger partial charge on any atom is 0.434 e. The number of ether oxygens (including phenoxy) is 1. The molecule has 14 heteroatoms. The minimum absolute atomic E-state index is 0.0789. The maximum atomic E-state index is 15.1. The molecule has 1 aliphatic rings. The zero-order valence-corrected chi connectivity index (χ0v) is 21.9. The molecule has 0 unspecified atom stereocenters. The lowest BCUT2D eigenvalue weighted by Gasteiger charge is -2.32. The Kier molecular flexibility index (Phi) is 7.85. The number of alkyl halides is 3. The van der Waals surface area contributed by atoms with Crippen molar-refractivity contribution >= 4 is 17.4 Å². The molecule has 214 valence electrons. The fraction of sp³-hybridized carbons (Fsp3) is 0.259. The van der Waals surface area contributed by atoms with E-state index in [2.05, 4.69) is 30.2 Å². The molecular formula is C27H26F4N8O2. The summed E-state index contributed by atoms with van der Waals surface area (Å²) < 4.78 is 63.2. The number of nitrogen functional groups attached to an aromatic ring is 1. The predicted molar refractivity (Wildman–Crippen MR) is 142 cm³/mol. The summed E-state index contributed by atoms with van der Waals surface area (Å²) in [6.07, 6.45) is -2.86. The van der Waals surface area contributed by atoms with Gasteiger partial charge < -0.3 is 20.7 Å². The van der Waals surface area contributed by atoms with Gasteiger partial charge in [0.25, 0.3) is 5.91 Å². The van der Waals surface area contributed by atoms with Crippen molar-refractivity contribution in [2.75, 3.05) is 44.3 Å². The third kappa shape index (κ3) is 6.28. The summed E-state index contributed by atoms with van der Waals surface area (Å²) in [7, 11) is 2.04. The standard InChI is InChI=1S/C27H26F4N8O2/c1-37-9-11-38(12-10-37)15-20-24(32)33-16-34-26(20)41-22-8-7-17(13-21(22)28)36-25(40)19-14-35-39(23(19)27(29,30)31)18-5-3-2-4-6-18/h2-8,13-14,16H,9-12,15H2,1H3,(H,36,40)(H2,32,33,34). The lowest BCUT2D eigenvalue weighted by Crippen LogP contribution is -2.44. The molecule has 0 radical (unpaired) electrons. The number of nitrogens with one attached hydrogen (secondary N) is 1. The number of nitrogens with zero attached hydrogens (tertiary/aromatic N) is 6. The van der Waals surface area contributed by atoms with E-state index in [1.165, 1.54) is 30.6 Å². The van der Waals surface area contributed by atoms with Crippen LogP contribution in [0.5, 0.6) is 11.6 Å². The molecule has 1 aliphatic heterocycles. The largest absolute Gasteiger partial charge is 0.435 e. The number of amides is 1. The van der Waals surface area contributed by atoms with E-state index in [1.807, 2.05) is 7.05 Å². The smallest absolute Gasteiger partial charge is 0.434 e. The second kappa shape index (κ2) is 11.5. The highest BCUT2D eigenvalue weighted by Gasteiger charge is 2.40. The average Bonchev–Trinajstić information content (AvgIpc) is 3.40. The van der Waals surface area contributed by atoms with Crippen LogP contribution in [0.4, 0.5) is 29.1 Å². The summed E-state index contributed by atoms with van der Waals surface area (Å²) in [6, 6.07) is 11.1. The van der Waals surface area contributed by atoms with E-state index in [0.29, 0.717) is 16.8 Å². The fourth-order valence-electron chi connectivity index (χ4n) is 4.39. The predicted octanol–water partition coefficient (Wildman–Crippen LogP) is 4.19. The Morgan fingerprint density at radius 3 is 2.49 bits per heavy atom. The van der Waals surface area contributed by atoms with Crippen LogP contribution in [0.25, 0.3) is 5.69 Å². The monoisotopic (exact) mass is 570 g/mol. The second-order valence-electron chi connectivity index (χ2n) is 9.48. The van der Waals surface area contributed by atoms with Crippen molar-refractivity contribution in [3.05, 3.63) is 83.7 Å². The summed E-state index contributed by atoms with van der Waals surface area (Å²) in [5.74, 6) is -1.91. The molecule has 10 nitrogen and oxygen atoms in total. The Morgan fingerprint density at radius 2 is 1.80 bits per heavy atom. The molecule has 2 aromatic heterocycles. The number of carbonyl (C=O) groups excluding carboxylic acids is 1. The molecule has 0 atom stereocenters. The zero-order chi connectivity index (χ0) is 29.1. The van der Waals surface area contributed by atoms with Gasteiger partial charge in [0.05, 0.1) is 23.0 Å². The lowest BCUT2D eigenvalue weighted by molar-refractivity contribution is -0.143. The number of rotatable bonds is 7. The van der Waals surface area contributed by atoms with Crippen LogP contribution in [0.2, 0.25) is 0 Å². The van der Waals surface area contributed by atoms with Gasteiger partial charge in [-0.05, 0) is 31.3 Å². The summed E-state index contributed by atoms with van der Waals surface area (Å²) in [4.78, 5) is 25.4. The molecular weight excluding hydrogens is 544 g/mol. The van der Waals surface area contributed by atoms with Crippen LogP contribution in [-0.4, -0.2) is 68.7 Å². The van der Waals surface area contributed by atoms with E-state index < -0.39 is 29.2 Å². The van der Waals surface area contributed by atoms with Crippen LogP contribution in [0.15, 0.2) is 61.1 Å². The first-order valence-corrected chi connectivity index (χ1v) is 12.6. The molecule has 0 spiro atoms. The lowest BCUT2D eigenvalue weighted by atomic mass is 10.2. The molecule has 0 saturated carbocycles. The number of para-hydroxylation sites is 1. The quantitative estimate of drug-likeness (QED) is 0.318. The maximum absolute atomic E-state index is 15.1. The van der Waals surface area contributed by atoms with Gasteiger partial charge in [0.15, 0.2) is 17.3 Å². The summed E-state index contributed by atoms with van der Waals surface area (Å²) >= 11 is 0. The van der Waals surface area contributed by atoms with Crippen molar-refractivity contribution in [3.8, 4) is 17.3 Å². The summed E-state index contributed by atoms with van der Waals surface area (Å²) in [6.45, 7) is 3.76. The highest BCUT2D eigenvalue weighted by Crippen LogP contribution is 2.35. The van der Waals surface area contributed by atoms with Crippen molar-refractivity contribution in [2.45, 2.75) is 12.7 Å². The Labute approximate surface area is 232 Å². The van der Waals surface area contributed by atoms with Crippen molar-refractivity contribution in [3.63, 3.8) is 0 Å². The zero-order valence-electron chi connectivity index (χ0n) is 21.9. The van der Waals surface area contributed by atoms with Gasteiger partial charge in [-0.2, -0.15) is 18.3 Å². The first-order chi connectivity index (χ1) is 19.6. The van der Waals surface area contributed by atoms with Crippen LogP contribution in [0.1, 0.15) is 21.6 Å². The van der Waals surface area contributed by atoms with Gasteiger partial charge in [0.2, 0.25) is 5.88 Å². The number of nitrogens with two attached hydrogens (primary N) is 1. The van der Waals surface area contributed by atoms with Crippen LogP contribution < -0.4 is 15.8 Å². The minimum atomic E-state index is -4.89. The van der Waals surface area contributed by atoms with Gasteiger partial charge >= 0.3 is 6.18 Å². The second-order valence-corrected chi connectivity index (χ2v) is 9.48. The molecule has 1 saturated heterocycles. The number of halogens is 4. The van der Waals surface area contributed by atoms with Gasteiger partial charge in [0, 0.05) is 44.5 Å². The molecule has 4 aromatic rings. The van der Waals surface area contributed by atoms with Crippen molar-refractivity contribution < 1.29 is 27.1 Å². The number of hydrogen-bond donors (Lipinski definition) is 2. The first-order valence-electron chi connectivity index (χ1n) is 12.6. The number of piperazine rings is 1. The number of hydrogen-bond acceptors (Lipinski definition) is 8. The van der Waals surface area contributed by atoms with Crippen molar-refractivity contribution in [1.82, 2.24) is 29.5 Å². The van der Waals surface area contributed by atoms with Gasteiger partial charge in [-0.15, -0.1) is 0 Å². The SMILES string of the molecule is CN1CCN(Cc2c(N)ncnc2Oc2ccc(NC(=O)c3cnn(-c4ccccc4)c3C(F)(F)F)cc2F)CC1. The average molecular weight is 571 g/mol. The van der Waals surface area contributed by atoms with Crippen LogP contribution in [0.3, 0.4) is 0 Å². The molecule has 0 aliphatic carbocycles. The van der Waals surface area contributed by atoms with E-state index >= 15 is 4.39 Å². The van der Waals surface area contributed by atoms with E-state index in [0.717, 1.165) is 38.4 Å². The Balaban J connectivity index is 1.34. The van der Waals surface area contributed by atoms with Crippen LogP contribution >= 0.6 is 0 Å².